The molecule has 1 fully saturated rings. The third-order valence-corrected chi connectivity index (χ3v) is 3.45. The normalized spacial score (nSPS) is 18.4. The molecule has 1 aliphatic rings. The van der Waals surface area contributed by atoms with E-state index in [0.29, 0.717) is 11.4 Å². The minimum atomic E-state index is -0.232. The second kappa shape index (κ2) is 6.49. The molecule has 1 aliphatic heterocycles. The number of pyridine rings is 1. The van der Waals surface area contributed by atoms with Gasteiger partial charge in [-0.25, -0.2) is 0 Å². The van der Waals surface area contributed by atoms with Crippen molar-refractivity contribution in [3.8, 4) is 0 Å². The number of carbonyl (C=O) groups excluding carboxylic acids is 1. The van der Waals surface area contributed by atoms with Crippen molar-refractivity contribution in [2.24, 2.45) is 0 Å². The zero-order valence-electron chi connectivity index (χ0n) is 11.7. The molecule has 0 aliphatic carbocycles. The van der Waals surface area contributed by atoms with Crippen LogP contribution in [0.2, 0.25) is 0 Å². The lowest BCUT2D eigenvalue weighted by molar-refractivity contribution is 0.00401. The highest BCUT2D eigenvalue weighted by Crippen LogP contribution is 2.15. The van der Waals surface area contributed by atoms with Gasteiger partial charge in [0.2, 0.25) is 0 Å². The maximum absolute atomic E-state index is 12.0. The van der Waals surface area contributed by atoms with Crippen molar-refractivity contribution in [2.45, 2.75) is 31.9 Å². The van der Waals surface area contributed by atoms with E-state index in [0.717, 1.165) is 26.0 Å². The Kier molecular flexibility index (Phi) is 4.25. The van der Waals surface area contributed by atoms with Crippen LogP contribution in [-0.2, 0) is 11.3 Å². The van der Waals surface area contributed by atoms with Gasteiger partial charge in [0.1, 0.15) is 5.69 Å². The molecular formula is C15H18N4O2. The van der Waals surface area contributed by atoms with Crippen molar-refractivity contribution in [1.29, 1.82) is 0 Å². The van der Waals surface area contributed by atoms with Gasteiger partial charge in [-0.15, -0.1) is 0 Å². The van der Waals surface area contributed by atoms with Crippen molar-refractivity contribution in [2.75, 3.05) is 11.9 Å². The van der Waals surface area contributed by atoms with Crippen LogP contribution < -0.4 is 5.32 Å². The monoisotopic (exact) mass is 286 g/mol. The Balaban J connectivity index is 1.58. The lowest BCUT2D eigenvalue weighted by Crippen LogP contribution is -2.24. The smallest absolute Gasteiger partial charge is 0.274 e. The molecule has 0 unspecified atom stereocenters. The maximum atomic E-state index is 12.0. The first-order valence-electron chi connectivity index (χ1n) is 7.18. The van der Waals surface area contributed by atoms with Crippen LogP contribution in [0.4, 0.5) is 5.69 Å². The van der Waals surface area contributed by atoms with Gasteiger partial charge in [0.25, 0.3) is 5.91 Å². The number of carbonyl (C=O) groups is 1. The van der Waals surface area contributed by atoms with Crippen LogP contribution in [0, 0.1) is 0 Å². The van der Waals surface area contributed by atoms with Crippen LogP contribution in [-0.4, -0.2) is 33.4 Å². The summed E-state index contributed by atoms with van der Waals surface area (Å²) in [6.45, 7) is 1.55. The molecule has 0 saturated carbocycles. The summed E-state index contributed by atoms with van der Waals surface area (Å²) in [6, 6.07) is 5.24. The summed E-state index contributed by atoms with van der Waals surface area (Å²) in [6.07, 6.45) is 8.69. The predicted molar refractivity (Wildman–Crippen MR) is 78.0 cm³/mol. The molecule has 1 amide bonds. The quantitative estimate of drug-likeness (QED) is 0.934. The van der Waals surface area contributed by atoms with Crippen LogP contribution in [0.15, 0.2) is 36.8 Å². The zero-order valence-corrected chi connectivity index (χ0v) is 11.7. The fourth-order valence-electron chi connectivity index (χ4n) is 2.38. The number of nitrogens with one attached hydrogen (secondary N) is 1. The average Bonchev–Trinajstić information content (AvgIpc) is 2.96. The first kappa shape index (κ1) is 13.8. The van der Waals surface area contributed by atoms with Gasteiger partial charge in [-0.3, -0.25) is 14.5 Å². The summed E-state index contributed by atoms with van der Waals surface area (Å²) in [5, 5.41) is 7.05. The highest BCUT2D eigenvalue weighted by Gasteiger charge is 2.15. The standard InChI is InChI=1S/C15H18N4O2/c20-15(14-6-1-3-7-16-14)18-12-9-17-19(10-12)11-13-5-2-4-8-21-13/h1,3,6-7,9-10,13H,2,4-5,8,11H2,(H,18,20)/t13-/m1/s1. The van der Waals surface area contributed by atoms with Gasteiger partial charge in [0.05, 0.1) is 24.5 Å². The van der Waals surface area contributed by atoms with Gasteiger partial charge < -0.3 is 10.1 Å². The molecule has 1 atom stereocenters. The van der Waals surface area contributed by atoms with E-state index in [1.807, 2.05) is 10.9 Å². The summed E-state index contributed by atoms with van der Waals surface area (Å²) >= 11 is 0. The van der Waals surface area contributed by atoms with Gasteiger partial charge in [0, 0.05) is 19.0 Å². The second-order valence-electron chi connectivity index (χ2n) is 5.11. The predicted octanol–water partition coefficient (Wildman–Crippen LogP) is 2.10. The van der Waals surface area contributed by atoms with E-state index in [2.05, 4.69) is 15.4 Å². The Bertz CT molecular complexity index is 591. The summed E-state index contributed by atoms with van der Waals surface area (Å²) in [5.74, 6) is -0.232. The number of rotatable bonds is 4. The molecule has 21 heavy (non-hydrogen) atoms. The van der Waals surface area contributed by atoms with E-state index in [9.17, 15) is 4.79 Å². The number of amides is 1. The fraction of sp³-hybridized carbons (Fsp3) is 0.400. The van der Waals surface area contributed by atoms with Crippen LogP contribution in [0.1, 0.15) is 29.8 Å². The van der Waals surface area contributed by atoms with Gasteiger partial charge in [-0.05, 0) is 31.4 Å². The maximum Gasteiger partial charge on any atom is 0.274 e. The van der Waals surface area contributed by atoms with E-state index in [1.54, 1.807) is 30.6 Å². The molecule has 6 heteroatoms. The molecule has 0 radical (unpaired) electrons. The third-order valence-electron chi connectivity index (χ3n) is 3.45. The lowest BCUT2D eigenvalue weighted by atomic mass is 10.1. The molecule has 6 nitrogen and oxygen atoms in total. The molecular weight excluding hydrogens is 268 g/mol. The molecule has 2 aromatic rings. The summed E-state index contributed by atoms with van der Waals surface area (Å²) in [4.78, 5) is 16.0. The third kappa shape index (κ3) is 3.66. The number of hydrogen-bond donors (Lipinski definition) is 1. The Morgan fingerprint density at radius 1 is 1.43 bits per heavy atom. The Hall–Kier alpha value is -2.21. The Morgan fingerprint density at radius 2 is 2.38 bits per heavy atom. The van der Waals surface area contributed by atoms with Gasteiger partial charge in [-0.2, -0.15) is 5.10 Å². The Labute approximate surface area is 123 Å². The number of ether oxygens (including phenoxy) is 1. The Morgan fingerprint density at radius 3 is 3.14 bits per heavy atom. The van der Waals surface area contributed by atoms with Crippen molar-refractivity contribution in [3.63, 3.8) is 0 Å². The summed E-state index contributed by atoms with van der Waals surface area (Å²) < 4.78 is 7.49. The molecule has 110 valence electrons. The minimum absolute atomic E-state index is 0.220. The lowest BCUT2D eigenvalue weighted by Gasteiger charge is -2.22. The molecule has 0 aromatic carbocycles. The largest absolute Gasteiger partial charge is 0.376 e. The second-order valence-corrected chi connectivity index (χ2v) is 5.11. The minimum Gasteiger partial charge on any atom is -0.376 e. The number of anilines is 1. The SMILES string of the molecule is O=C(Nc1cnn(C[C@H]2CCCCO2)c1)c1ccccn1. The molecule has 0 spiro atoms. The van der Waals surface area contributed by atoms with E-state index in [4.69, 9.17) is 4.74 Å². The first-order chi connectivity index (χ1) is 10.3. The van der Waals surface area contributed by atoms with Gasteiger partial charge >= 0.3 is 0 Å². The number of hydrogen-bond acceptors (Lipinski definition) is 4. The molecule has 2 aromatic heterocycles. The zero-order chi connectivity index (χ0) is 14.5. The summed E-state index contributed by atoms with van der Waals surface area (Å²) in [5.41, 5.74) is 1.06. The molecule has 3 rings (SSSR count). The molecule has 1 saturated heterocycles. The molecule has 1 N–H and O–H groups in total. The van der Waals surface area contributed by atoms with E-state index < -0.39 is 0 Å². The van der Waals surface area contributed by atoms with Crippen molar-refractivity contribution in [1.82, 2.24) is 14.8 Å². The average molecular weight is 286 g/mol. The number of aromatic nitrogens is 3. The van der Waals surface area contributed by atoms with Crippen molar-refractivity contribution < 1.29 is 9.53 Å². The van der Waals surface area contributed by atoms with Crippen LogP contribution in [0.25, 0.3) is 0 Å². The van der Waals surface area contributed by atoms with E-state index in [1.165, 1.54) is 6.42 Å². The molecule has 3 heterocycles. The van der Waals surface area contributed by atoms with Crippen molar-refractivity contribution in [3.05, 3.63) is 42.5 Å². The van der Waals surface area contributed by atoms with Crippen LogP contribution >= 0.6 is 0 Å². The van der Waals surface area contributed by atoms with Crippen LogP contribution in [0.5, 0.6) is 0 Å². The first-order valence-corrected chi connectivity index (χ1v) is 7.18. The van der Waals surface area contributed by atoms with E-state index in [-0.39, 0.29) is 12.0 Å². The fourth-order valence-corrected chi connectivity index (χ4v) is 2.38. The van der Waals surface area contributed by atoms with Gasteiger partial charge in [-0.1, -0.05) is 6.07 Å². The number of nitrogens with zero attached hydrogens (tertiary/aromatic N) is 3. The van der Waals surface area contributed by atoms with Gasteiger partial charge in [0.15, 0.2) is 0 Å². The molecule has 0 bridgehead atoms. The highest BCUT2D eigenvalue weighted by molar-refractivity contribution is 6.02. The van der Waals surface area contributed by atoms with E-state index >= 15 is 0 Å². The highest BCUT2D eigenvalue weighted by atomic mass is 16.5. The summed E-state index contributed by atoms with van der Waals surface area (Å²) in [7, 11) is 0. The van der Waals surface area contributed by atoms with Crippen LogP contribution in [0.3, 0.4) is 0 Å². The topological polar surface area (TPSA) is 69.0 Å². The van der Waals surface area contributed by atoms with Crippen molar-refractivity contribution >= 4 is 11.6 Å².